The van der Waals surface area contributed by atoms with E-state index in [9.17, 15) is 0 Å². The molecule has 0 saturated heterocycles. The number of unbranched alkanes of at least 4 members (excludes halogenated alkanes) is 34. The predicted molar refractivity (Wildman–Crippen MR) is 359 cm³/mol. The molecule has 0 amide bonds. The van der Waals surface area contributed by atoms with E-state index in [4.69, 9.17) is 0 Å². The summed E-state index contributed by atoms with van der Waals surface area (Å²) in [5.41, 5.74) is 14.1. The fourth-order valence-corrected chi connectivity index (χ4v) is 15.3. The number of hydrogen-bond donors (Lipinski definition) is 0. The summed E-state index contributed by atoms with van der Waals surface area (Å²) in [6.45, 7) is 4.63. The van der Waals surface area contributed by atoms with Crippen molar-refractivity contribution in [2.75, 3.05) is 0 Å². The largest absolute Gasteiger partial charge is 0.313 e. The fraction of sp³-hybridized carbons (Fsp3) is 0.632. The third-order valence-corrected chi connectivity index (χ3v) is 20.4. The van der Waals surface area contributed by atoms with Crippen LogP contribution >= 0.6 is 31.9 Å². The third-order valence-electron chi connectivity index (χ3n) is 19.4. The van der Waals surface area contributed by atoms with Crippen LogP contribution in [0, 0.1) is 11.8 Å². The average molecular weight is 1210 g/mol. The van der Waals surface area contributed by atoms with Gasteiger partial charge < -0.3 is 9.13 Å². The molecule has 2 aromatic heterocycles. The number of hydrogen-bond acceptors (Lipinski definition) is 0. The minimum atomic E-state index is 0.804. The Balaban J connectivity index is 0.763. The van der Waals surface area contributed by atoms with Crippen LogP contribution in [0.5, 0.6) is 0 Å². The highest BCUT2D eigenvalue weighted by atomic mass is 79.9. The molecule has 0 N–H and O–H groups in total. The van der Waals surface area contributed by atoms with Crippen LogP contribution in [0.2, 0.25) is 0 Å². The Morgan fingerprint density at radius 1 is 0.338 bits per heavy atom. The van der Waals surface area contributed by atoms with Gasteiger partial charge in [0.05, 0.1) is 11.0 Å². The summed E-state index contributed by atoms with van der Waals surface area (Å²) in [7, 11) is 0. The summed E-state index contributed by atoms with van der Waals surface area (Å²) in [4.78, 5) is 0. The van der Waals surface area contributed by atoms with E-state index in [1.54, 1.807) is 11.1 Å². The molecule has 0 spiro atoms. The summed E-state index contributed by atoms with van der Waals surface area (Å²) >= 11 is 7.71. The van der Waals surface area contributed by atoms with Crippen LogP contribution in [0.3, 0.4) is 0 Å². The predicted octanol–water partition coefficient (Wildman–Crippen LogP) is 25.8. The Morgan fingerprint density at radius 2 is 0.613 bits per heavy atom. The summed E-state index contributed by atoms with van der Waals surface area (Å²) in [6.07, 6.45) is 62.1. The number of halogens is 2. The molecule has 6 aromatic rings. The first kappa shape index (κ1) is 63.0. The van der Waals surface area contributed by atoms with E-state index < -0.39 is 0 Å². The van der Waals surface area contributed by atoms with E-state index in [0.717, 1.165) is 20.8 Å². The number of aromatic nitrogens is 2. The smallest absolute Gasteiger partial charge is 0.0545 e. The Labute approximate surface area is 506 Å². The lowest BCUT2D eigenvalue weighted by Crippen LogP contribution is -2.16. The van der Waals surface area contributed by atoms with Crippen molar-refractivity contribution in [1.29, 1.82) is 0 Å². The normalized spacial score (nSPS) is 15.3. The number of fused-ring (bicyclic) bond motifs is 6. The molecular weight excluding hydrogens is 1100 g/mol. The van der Waals surface area contributed by atoms with Crippen molar-refractivity contribution in [1.82, 2.24) is 9.13 Å². The molecule has 0 fully saturated rings. The zero-order chi connectivity index (χ0) is 55.4. The minimum Gasteiger partial charge on any atom is -0.313 e. The second-order valence-electron chi connectivity index (χ2n) is 25.8. The maximum Gasteiger partial charge on any atom is 0.0545 e. The minimum absolute atomic E-state index is 0.804. The summed E-state index contributed by atoms with van der Waals surface area (Å²) < 4.78 is 7.51. The lowest BCUT2D eigenvalue weighted by molar-refractivity contribution is 0.401. The number of nitrogens with zero attached hydrogens (tertiary/aromatic N) is 2. The van der Waals surface area contributed by atoms with Gasteiger partial charge in [0.25, 0.3) is 0 Å². The average Bonchev–Trinajstić information content (AvgIpc) is 4.05. The van der Waals surface area contributed by atoms with Crippen LogP contribution in [-0.4, -0.2) is 9.13 Å². The van der Waals surface area contributed by atoms with Crippen LogP contribution in [-0.2, 0) is 25.7 Å². The summed E-state index contributed by atoms with van der Waals surface area (Å²) in [6, 6.07) is 32.9. The first-order valence-corrected chi connectivity index (χ1v) is 36.0. The van der Waals surface area contributed by atoms with Gasteiger partial charge in [0.2, 0.25) is 0 Å². The molecule has 0 aliphatic heterocycles. The zero-order valence-electron chi connectivity index (χ0n) is 51.0. The zero-order valence-corrected chi connectivity index (χ0v) is 54.2. The molecule has 0 bridgehead atoms. The quantitative estimate of drug-likeness (QED) is 0.0339. The first-order valence-electron chi connectivity index (χ1n) is 34.4. The lowest BCUT2D eigenvalue weighted by Gasteiger charge is -2.24. The van der Waals surface area contributed by atoms with Crippen LogP contribution in [0.15, 0.2) is 93.9 Å². The molecule has 0 saturated carbocycles. The molecule has 2 nitrogen and oxygen atoms in total. The van der Waals surface area contributed by atoms with Gasteiger partial charge in [-0.25, -0.2) is 0 Å². The Hall–Kier alpha value is -3.08. The second-order valence-corrected chi connectivity index (χ2v) is 27.6. The van der Waals surface area contributed by atoms with Gasteiger partial charge in [0.15, 0.2) is 0 Å². The molecule has 2 atom stereocenters. The molecule has 4 heteroatoms. The van der Waals surface area contributed by atoms with Crippen molar-refractivity contribution in [3.8, 4) is 22.5 Å². The molecule has 80 heavy (non-hydrogen) atoms. The molecule has 2 aliphatic carbocycles. The number of benzene rings is 4. The molecule has 2 unspecified atom stereocenters. The Bertz CT molecular complexity index is 2460. The van der Waals surface area contributed by atoms with Crippen molar-refractivity contribution in [3.05, 3.63) is 116 Å². The van der Waals surface area contributed by atoms with Crippen molar-refractivity contribution in [3.63, 3.8) is 0 Å². The second kappa shape index (κ2) is 35.9. The van der Waals surface area contributed by atoms with E-state index in [1.165, 1.54) is 338 Å². The maximum absolute atomic E-state index is 3.85. The highest BCUT2D eigenvalue weighted by Gasteiger charge is 2.28. The van der Waals surface area contributed by atoms with Gasteiger partial charge in [-0.3, -0.25) is 0 Å². The van der Waals surface area contributed by atoms with Crippen LogP contribution in [0.1, 0.15) is 293 Å². The molecule has 8 rings (SSSR count). The molecular formula is C76H110Br2N2. The number of rotatable bonds is 41. The van der Waals surface area contributed by atoms with Gasteiger partial charge in [0.1, 0.15) is 0 Å². The molecule has 2 aliphatic rings. The first-order chi connectivity index (χ1) is 39.5. The Morgan fingerprint density at radius 3 is 0.900 bits per heavy atom. The van der Waals surface area contributed by atoms with Crippen molar-refractivity contribution in [2.24, 2.45) is 11.8 Å². The van der Waals surface area contributed by atoms with Crippen LogP contribution < -0.4 is 0 Å². The van der Waals surface area contributed by atoms with Crippen LogP contribution in [0.25, 0.3) is 44.3 Å². The van der Waals surface area contributed by atoms with E-state index >= 15 is 0 Å². The van der Waals surface area contributed by atoms with E-state index in [0.29, 0.717) is 0 Å². The monoisotopic (exact) mass is 1210 g/mol. The third kappa shape index (κ3) is 19.5. The Kier molecular flexibility index (Phi) is 28.3. The van der Waals surface area contributed by atoms with Gasteiger partial charge in [0, 0.05) is 42.5 Å². The summed E-state index contributed by atoms with van der Waals surface area (Å²) in [5.74, 6) is 1.61. The van der Waals surface area contributed by atoms with Gasteiger partial charge in [-0.05, 0) is 121 Å². The van der Waals surface area contributed by atoms with E-state index in [-0.39, 0.29) is 0 Å². The molecule has 0 radical (unpaired) electrons. The van der Waals surface area contributed by atoms with E-state index in [2.05, 4.69) is 140 Å². The SMILES string of the molecule is CCCCCCCCCCCCCCCCCCCCC1CCc2c(c3ccc(Br)cc3n2-c2ccc(-c3ccc(-n4c5c(c6ccc(Br)cc64)CC(CCCCCCCCCCCCCCCCCCCC)CC5)cc3)cc2)C1. The van der Waals surface area contributed by atoms with Crippen molar-refractivity contribution < 1.29 is 0 Å². The van der Waals surface area contributed by atoms with Gasteiger partial charge in [-0.15, -0.1) is 0 Å². The lowest BCUT2D eigenvalue weighted by atomic mass is 9.83. The topological polar surface area (TPSA) is 9.86 Å². The molecule has 438 valence electrons. The van der Waals surface area contributed by atoms with Gasteiger partial charge in [-0.2, -0.15) is 0 Å². The maximum atomic E-state index is 3.85. The van der Waals surface area contributed by atoms with Gasteiger partial charge >= 0.3 is 0 Å². The molecule has 2 heterocycles. The van der Waals surface area contributed by atoms with Gasteiger partial charge in [-0.1, -0.05) is 326 Å². The van der Waals surface area contributed by atoms with E-state index in [1.807, 2.05) is 0 Å². The van der Waals surface area contributed by atoms with Crippen LogP contribution in [0.4, 0.5) is 0 Å². The fourth-order valence-electron chi connectivity index (χ4n) is 14.6. The highest BCUT2D eigenvalue weighted by molar-refractivity contribution is 9.10. The van der Waals surface area contributed by atoms with Crippen molar-refractivity contribution in [2.45, 2.75) is 296 Å². The molecule has 4 aromatic carbocycles. The standard InChI is InChI=1S/C76H110Br2N2/c1-3-5-7-9-11-13-15-17-19-21-23-25-27-29-31-33-35-37-39-61-41-55-73-71(57-61)69-53-47-65(77)59-75(69)79(73)67-49-43-63(44-50-67)64-45-51-68(52-46-64)80-74-56-42-62(58-72(74)70-54-48-66(78)60-76(70)80)40-38-36-34-32-30-28-26-24-22-20-18-16-14-12-10-8-6-4-2/h43-54,59-62H,3-42,55-58H2,1-2H3. The summed E-state index contributed by atoms with van der Waals surface area (Å²) in [5, 5.41) is 2.90. The highest BCUT2D eigenvalue weighted by Crippen LogP contribution is 2.42. The van der Waals surface area contributed by atoms with Crippen molar-refractivity contribution >= 4 is 53.7 Å².